The van der Waals surface area contributed by atoms with E-state index in [-0.39, 0.29) is 5.97 Å². The molecule has 17 heavy (non-hydrogen) atoms. The third kappa shape index (κ3) is 2.85. The van der Waals surface area contributed by atoms with Crippen LogP contribution in [0.5, 0.6) is 0 Å². The van der Waals surface area contributed by atoms with Crippen molar-refractivity contribution < 1.29 is 9.53 Å². The topological polar surface area (TPSA) is 45.3 Å². The molecule has 1 aromatic heterocycles. The molecule has 0 aliphatic carbocycles. The molecule has 0 unspecified atom stereocenters. The first-order chi connectivity index (χ1) is 8.16. The van der Waals surface area contributed by atoms with Crippen LogP contribution in [0.2, 0.25) is 0 Å². The maximum absolute atomic E-state index is 11.7. The molecule has 0 saturated carbocycles. The van der Waals surface area contributed by atoms with Gasteiger partial charge in [-0.15, -0.1) is 0 Å². The second-order valence-electron chi connectivity index (χ2n) is 4.13. The van der Waals surface area contributed by atoms with Gasteiger partial charge in [-0.05, 0) is 26.2 Å². The van der Waals surface area contributed by atoms with Crippen molar-refractivity contribution in [3.63, 3.8) is 0 Å². The predicted molar refractivity (Wildman–Crippen MR) is 66.0 cm³/mol. The van der Waals surface area contributed by atoms with Crippen molar-refractivity contribution in [2.24, 2.45) is 0 Å². The molecule has 0 saturated heterocycles. The zero-order valence-corrected chi connectivity index (χ0v) is 9.99. The normalized spacial score (nSPS) is 11.0. The molecule has 89 valence electrons. The van der Waals surface area contributed by atoms with E-state index >= 15 is 0 Å². The zero-order valence-electron chi connectivity index (χ0n) is 9.99. The fraction of sp³-hybridized carbons (Fsp3) is 0.308. The monoisotopic (exact) mass is 231 g/mol. The lowest BCUT2D eigenvalue weighted by Gasteiger charge is -2.09. The van der Waals surface area contributed by atoms with Crippen LogP contribution in [0.25, 0.3) is 10.9 Å². The summed E-state index contributed by atoms with van der Waals surface area (Å²) in [6.07, 6.45) is 1.73. The second-order valence-corrected chi connectivity index (χ2v) is 4.13. The van der Waals surface area contributed by atoms with Crippen molar-refractivity contribution in [1.29, 1.82) is 0 Å². The predicted octanol–water partition coefficient (Wildman–Crippen LogP) is 1.69. The summed E-state index contributed by atoms with van der Waals surface area (Å²) >= 11 is 0. The molecule has 0 spiro atoms. The van der Waals surface area contributed by atoms with E-state index in [0.29, 0.717) is 12.2 Å². The number of hydrogen-bond acceptors (Lipinski definition) is 3. The Kier molecular flexibility index (Phi) is 3.44. The molecule has 0 amide bonds. The Morgan fingerprint density at radius 3 is 3.06 bits per heavy atom. The average Bonchev–Trinajstić information content (AvgIpc) is 2.75. The molecule has 1 N–H and O–H groups in total. The fourth-order valence-corrected chi connectivity index (χ4v) is 1.51. The van der Waals surface area contributed by atoms with Gasteiger partial charge in [-0.3, -0.25) is 0 Å². The molecule has 0 aliphatic heterocycles. The van der Waals surface area contributed by atoms with Gasteiger partial charge in [-0.25, -0.2) is 4.79 Å². The van der Waals surface area contributed by atoms with E-state index in [2.05, 4.69) is 11.1 Å². The van der Waals surface area contributed by atoms with Crippen LogP contribution in [0.3, 0.4) is 0 Å². The minimum atomic E-state index is -0.289. The molecule has 1 aromatic carbocycles. The highest BCUT2D eigenvalue weighted by atomic mass is 16.5. The van der Waals surface area contributed by atoms with Gasteiger partial charge in [0.25, 0.3) is 0 Å². The average molecular weight is 231 g/mol. The van der Waals surface area contributed by atoms with Crippen LogP contribution in [0.1, 0.15) is 10.4 Å². The zero-order chi connectivity index (χ0) is 12.3. The number of hydrogen-bond donors (Lipinski definition) is 1. The van der Waals surface area contributed by atoms with Crippen LogP contribution in [0.4, 0.5) is 0 Å². The Hall–Kier alpha value is -1.81. The van der Waals surface area contributed by atoms with Gasteiger partial charge in [0.15, 0.2) is 0 Å². The van der Waals surface area contributed by atoms with Gasteiger partial charge in [0, 0.05) is 29.7 Å². The highest BCUT2D eigenvalue weighted by Gasteiger charge is 2.08. The molecular weight excluding hydrogens is 216 g/mol. The Balaban J connectivity index is 2.03. The number of esters is 1. The van der Waals surface area contributed by atoms with E-state index in [1.54, 1.807) is 18.3 Å². The molecule has 4 heteroatoms. The highest BCUT2D eigenvalue weighted by molar-refractivity contribution is 5.94. The lowest BCUT2D eigenvalue weighted by atomic mass is 10.2. The molecule has 0 aliphatic rings. The van der Waals surface area contributed by atoms with E-state index in [4.69, 9.17) is 4.74 Å². The quantitative estimate of drug-likeness (QED) is 0.814. The fourth-order valence-electron chi connectivity index (χ4n) is 1.51. The maximum atomic E-state index is 11.7. The third-order valence-corrected chi connectivity index (χ3v) is 2.48. The Labute approximate surface area is 100 Å². The van der Waals surface area contributed by atoms with Crippen LogP contribution >= 0.6 is 0 Å². The lowest BCUT2D eigenvalue weighted by molar-refractivity contribution is 0.0482. The summed E-state index contributed by atoms with van der Waals surface area (Å²) in [6, 6.07) is 8.42. The van der Waals surface area contributed by atoms with Crippen LogP contribution in [-0.2, 0) is 4.74 Å². The van der Waals surface area contributed by atoms with Crippen LogP contribution in [-0.4, -0.2) is 43.1 Å². The number of rotatable bonds is 4. The lowest BCUT2D eigenvalue weighted by Crippen LogP contribution is -2.20. The number of likely N-dealkylation sites (N-methyl/N-ethyl adjacent to an activating group) is 1. The first-order valence-electron chi connectivity index (χ1n) is 5.47. The van der Waals surface area contributed by atoms with Gasteiger partial charge in [-0.2, -0.15) is 0 Å². The number of carbonyl (C=O) groups excluding carboxylic acids is 1. The van der Waals surface area contributed by atoms with Crippen LogP contribution < -0.4 is 0 Å². The number of fused-ring (bicyclic) bond motifs is 1. The summed E-state index contributed by atoms with van der Waals surface area (Å²) in [6.45, 7) is 1.13. The molecule has 0 fully saturated rings. The molecule has 2 aromatic rings. The Morgan fingerprint density at radius 1 is 1.47 bits per heavy atom. The van der Waals surface area contributed by atoms with Crippen molar-refractivity contribution >= 4 is 16.9 Å². The number of aromatic amines is 1. The minimum Gasteiger partial charge on any atom is -0.461 e. The standard InChI is InChI=1S/C13H15N2O2/c1-15(2)7-8-17-13(16)11-4-3-10-5-6-14-12(10)9-11/h3-4,6,9,14H,7-8H2,1-2H3. The van der Waals surface area contributed by atoms with Gasteiger partial charge in [-0.1, -0.05) is 6.07 Å². The highest BCUT2D eigenvalue weighted by Crippen LogP contribution is 2.14. The molecule has 2 rings (SSSR count). The number of aromatic nitrogens is 1. The molecule has 0 bridgehead atoms. The first kappa shape index (κ1) is 11.7. The SMILES string of the molecule is CN(C)CCOC(=O)c1ccc2[c]c[nH]c2c1. The summed E-state index contributed by atoms with van der Waals surface area (Å²) in [5.41, 5.74) is 1.46. The Morgan fingerprint density at radius 2 is 2.29 bits per heavy atom. The Bertz CT molecular complexity index is 517. The summed E-state index contributed by atoms with van der Waals surface area (Å²) in [5, 5.41) is 0.967. The summed E-state index contributed by atoms with van der Waals surface area (Å²) in [5.74, 6) is -0.289. The van der Waals surface area contributed by atoms with Gasteiger partial charge < -0.3 is 14.6 Å². The van der Waals surface area contributed by atoms with Crippen molar-refractivity contribution in [3.05, 3.63) is 36.0 Å². The van der Waals surface area contributed by atoms with E-state index in [9.17, 15) is 4.79 Å². The van der Waals surface area contributed by atoms with Crippen LogP contribution in [0.15, 0.2) is 24.4 Å². The minimum absolute atomic E-state index is 0.289. The van der Waals surface area contributed by atoms with Gasteiger partial charge in [0.1, 0.15) is 6.61 Å². The number of H-pyrrole nitrogens is 1. The number of nitrogens with zero attached hydrogens (tertiary/aromatic N) is 1. The van der Waals surface area contributed by atoms with E-state index in [1.165, 1.54) is 0 Å². The summed E-state index contributed by atoms with van der Waals surface area (Å²) < 4.78 is 5.16. The number of carbonyl (C=O) groups is 1. The summed E-state index contributed by atoms with van der Waals surface area (Å²) in [4.78, 5) is 16.7. The summed E-state index contributed by atoms with van der Waals surface area (Å²) in [7, 11) is 3.88. The van der Waals surface area contributed by atoms with Crippen molar-refractivity contribution in [1.82, 2.24) is 9.88 Å². The first-order valence-corrected chi connectivity index (χ1v) is 5.47. The van der Waals surface area contributed by atoms with E-state index < -0.39 is 0 Å². The van der Waals surface area contributed by atoms with Gasteiger partial charge in [0.2, 0.25) is 0 Å². The largest absolute Gasteiger partial charge is 0.461 e. The van der Waals surface area contributed by atoms with E-state index in [1.807, 2.05) is 25.1 Å². The van der Waals surface area contributed by atoms with Crippen molar-refractivity contribution in [2.45, 2.75) is 0 Å². The number of nitrogens with one attached hydrogen (secondary N) is 1. The van der Waals surface area contributed by atoms with E-state index in [0.717, 1.165) is 17.4 Å². The number of ether oxygens (including phenoxy) is 1. The molecule has 4 nitrogen and oxygen atoms in total. The number of benzene rings is 1. The molecule has 1 heterocycles. The van der Waals surface area contributed by atoms with Crippen LogP contribution in [0, 0.1) is 6.07 Å². The smallest absolute Gasteiger partial charge is 0.338 e. The second kappa shape index (κ2) is 5.01. The van der Waals surface area contributed by atoms with Gasteiger partial charge >= 0.3 is 5.97 Å². The molecule has 0 atom stereocenters. The third-order valence-electron chi connectivity index (χ3n) is 2.48. The molecular formula is C13H15N2O2. The maximum Gasteiger partial charge on any atom is 0.338 e. The van der Waals surface area contributed by atoms with Crippen molar-refractivity contribution in [3.8, 4) is 0 Å². The van der Waals surface area contributed by atoms with Crippen molar-refractivity contribution in [2.75, 3.05) is 27.2 Å². The van der Waals surface area contributed by atoms with Gasteiger partial charge in [0.05, 0.1) is 5.56 Å². The molecule has 1 radical (unpaired) electrons.